The van der Waals surface area contributed by atoms with Crippen molar-refractivity contribution in [1.29, 1.82) is 0 Å². The lowest BCUT2D eigenvalue weighted by Crippen LogP contribution is -2.44. The van der Waals surface area contributed by atoms with Crippen LogP contribution in [-0.4, -0.2) is 24.0 Å². The molecule has 0 saturated heterocycles. The third-order valence-electron chi connectivity index (χ3n) is 4.52. The van der Waals surface area contributed by atoms with E-state index in [0.717, 1.165) is 19.6 Å². The van der Waals surface area contributed by atoms with Crippen molar-refractivity contribution in [2.75, 3.05) is 13.1 Å². The molecule has 19 heavy (non-hydrogen) atoms. The molecule has 2 rings (SSSR count). The Hall–Kier alpha value is -0.860. The maximum absolute atomic E-state index is 5.98. The number of benzene rings is 1. The number of rotatable bonds is 5. The van der Waals surface area contributed by atoms with Gasteiger partial charge in [0, 0.05) is 12.6 Å². The Labute approximate surface area is 118 Å². The second-order valence-electron chi connectivity index (χ2n) is 5.90. The first-order valence-corrected chi connectivity index (χ1v) is 7.74. The molecule has 2 atom stereocenters. The van der Waals surface area contributed by atoms with Crippen molar-refractivity contribution in [3.63, 3.8) is 0 Å². The first-order valence-electron chi connectivity index (χ1n) is 7.74. The zero-order valence-electron chi connectivity index (χ0n) is 12.4. The highest BCUT2D eigenvalue weighted by Crippen LogP contribution is 2.28. The molecule has 2 heteroatoms. The molecule has 1 aliphatic rings. The molecule has 2 unspecified atom stereocenters. The smallest absolute Gasteiger partial charge is 0.0236 e. The SMILES string of the molecule is CCN(Cc1cccc(C)c1)C1CCCCC1CN. The summed E-state index contributed by atoms with van der Waals surface area (Å²) in [5.41, 5.74) is 8.76. The fourth-order valence-corrected chi connectivity index (χ4v) is 3.45. The molecule has 106 valence electrons. The van der Waals surface area contributed by atoms with E-state index in [1.54, 1.807) is 0 Å². The highest BCUT2D eigenvalue weighted by Gasteiger charge is 2.28. The van der Waals surface area contributed by atoms with Crippen molar-refractivity contribution in [2.45, 2.75) is 52.1 Å². The van der Waals surface area contributed by atoms with Crippen molar-refractivity contribution in [3.05, 3.63) is 35.4 Å². The van der Waals surface area contributed by atoms with Gasteiger partial charge in [0.1, 0.15) is 0 Å². The van der Waals surface area contributed by atoms with E-state index in [0.29, 0.717) is 12.0 Å². The van der Waals surface area contributed by atoms with Gasteiger partial charge in [0.05, 0.1) is 0 Å². The molecule has 1 aromatic carbocycles. The molecule has 0 aliphatic heterocycles. The number of aryl methyl sites for hydroxylation is 1. The number of hydrogen-bond acceptors (Lipinski definition) is 2. The number of nitrogens with two attached hydrogens (primary N) is 1. The monoisotopic (exact) mass is 260 g/mol. The molecular weight excluding hydrogens is 232 g/mol. The summed E-state index contributed by atoms with van der Waals surface area (Å²) in [7, 11) is 0. The molecule has 0 spiro atoms. The largest absolute Gasteiger partial charge is 0.330 e. The van der Waals surface area contributed by atoms with Gasteiger partial charge in [0.25, 0.3) is 0 Å². The molecular formula is C17H28N2. The van der Waals surface area contributed by atoms with Crippen molar-refractivity contribution in [3.8, 4) is 0 Å². The van der Waals surface area contributed by atoms with E-state index in [4.69, 9.17) is 5.73 Å². The molecule has 0 amide bonds. The summed E-state index contributed by atoms with van der Waals surface area (Å²) in [6.07, 6.45) is 5.36. The Balaban J connectivity index is 2.06. The summed E-state index contributed by atoms with van der Waals surface area (Å²) in [4.78, 5) is 2.63. The van der Waals surface area contributed by atoms with Crippen LogP contribution in [0.15, 0.2) is 24.3 Å². The topological polar surface area (TPSA) is 29.3 Å². The zero-order valence-corrected chi connectivity index (χ0v) is 12.4. The summed E-state index contributed by atoms with van der Waals surface area (Å²) in [5.74, 6) is 0.693. The van der Waals surface area contributed by atoms with E-state index in [2.05, 4.69) is 43.0 Å². The van der Waals surface area contributed by atoms with Crippen LogP contribution in [0.1, 0.15) is 43.7 Å². The van der Waals surface area contributed by atoms with Gasteiger partial charge in [-0.05, 0) is 44.3 Å². The van der Waals surface area contributed by atoms with Gasteiger partial charge >= 0.3 is 0 Å². The van der Waals surface area contributed by atoms with Gasteiger partial charge < -0.3 is 5.73 Å². The molecule has 0 heterocycles. The van der Waals surface area contributed by atoms with E-state index in [1.165, 1.54) is 36.8 Å². The fraction of sp³-hybridized carbons (Fsp3) is 0.647. The van der Waals surface area contributed by atoms with E-state index in [9.17, 15) is 0 Å². The summed E-state index contributed by atoms with van der Waals surface area (Å²) >= 11 is 0. The summed E-state index contributed by atoms with van der Waals surface area (Å²) in [6.45, 7) is 7.48. The molecule has 1 fully saturated rings. The van der Waals surface area contributed by atoms with E-state index < -0.39 is 0 Å². The molecule has 0 radical (unpaired) electrons. The predicted octanol–water partition coefficient (Wildman–Crippen LogP) is 3.33. The van der Waals surface area contributed by atoms with Crippen LogP contribution < -0.4 is 5.73 Å². The molecule has 2 nitrogen and oxygen atoms in total. The van der Waals surface area contributed by atoms with Gasteiger partial charge in [0.2, 0.25) is 0 Å². The van der Waals surface area contributed by atoms with Crippen LogP contribution in [0.3, 0.4) is 0 Å². The van der Waals surface area contributed by atoms with Gasteiger partial charge in [-0.2, -0.15) is 0 Å². The van der Waals surface area contributed by atoms with Crippen LogP contribution in [-0.2, 0) is 6.54 Å². The minimum atomic E-state index is 0.685. The average molecular weight is 260 g/mol. The minimum Gasteiger partial charge on any atom is -0.330 e. The Bertz CT molecular complexity index is 389. The Morgan fingerprint density at radius 2 is 2.05 bits per heavy atom. The van der Waals surface area contributed by atoms with Crippen LogP contribution in [0.2, 0.25) is 0 Å². The third kappa shape index (κ3) is 3.80. The zero-order chi connectivity index (χ0) is 13.7. The van der Waals surface area contributed by atoms with E-state index in [-0.39, 0.29) is 0 Å². The lowest BCUT2D eigenvalue weighted by molar-refractivity contribution is 0.105. The Kier molecular flexibility index (Phi) is 5.41. The molecule has 0 bridgehead atoms. The van der Waals surface area contributed by atoms with E-state index >= 15 is 0 Å². The first-order chi connectivity index (χ1) is 9.24. The van der Waals surface area contributed by atoms with Gasteiger partial charge in [0.15, 0.2) is 0 Å². The summed E-state index contributed by atoms with van der Waals surface area (Å²) in [6, 6.07) is 9.58. The van der Waals surface area contributed by atoms with Crippen molar-refractivity contribution in [1.82, 2.24) is 4.90 Å². The Morgan fingerprint density at radius 1 is 1.26 bits per heavy atom. The second kappa shape index (κ2) is 7.06. The lowest BCUT2D eigenvalue weighted by atomic mass is 9.83. The van der Waals surface area contributed by atoms with E-state index in [1.807, 2.05) is 0 Å². The fourth-order valence-electron chi connectivity index (χ4n) is 3.45. The second-order valence-corrected chi connectivity index (χ2v) is 5.90. The van der Waals surface area contributed by atoms with Gasteiger partial charge in [-0.3, -0.25) is 4.90 Å². The van der Waals surface area contributed by atoms with Crippen molar-refractivity contribution < 1.29 is 0 Å². The maximum Gasteiger partial charge on any atom is 0.0236 e. The molecule has 0 aromatic heterocycles. The molecule has 1 saturated carbocycles. The number of nitrogens with zero attached hydrogens (tertiary/aromatic N) is 1. The molecule has 1 aromatic rings. The number of hydrogen-bond donors (Lipinski definition) is 1. The van der Waals surface area contributed by atoms with Crippen LogP contribution in [0.4, 0.5) is 0 Å². The van der Waals surface area contributed by atoms with Gasteiger partial charge in [-0.15, -0.1) is 0 Å². The van der Waals surface area contributed by atoms with Crippen LogP contribution in [0.5, 0.6) is 0 Å². The first kappa shape index (κ1) is 14.5. The summed E-state index contributed by atoms with van der Waals surface area (Å²) < 4.78 is 0. The predicted molar refractivity (Wildman–Crippen MR) is 82.1 cm³/mol. The Morgan fingerprint density at radius 3 is 2.74 bits per heavy atom. The van der Waals surface area contributed by atoms with Gasteiger partial charge in [-0.1, -0.05) is 49.6 Å². The highest BCUT2D eigenvalue weighted by molar-refractivity contribution is 5.22. The van der Waals surface area contributed by atoms with Crippen LogP contribution in [0, 0.1) is 12.8 Å². The van der Waals surface area contributed by atoms with Gasteiger partial charge in [-0.25, -0.2) is 0 Å². The van der Waals surface area contributed by atoms with Crippen LogP contribution in [0.25, 0.3) is 0 Å². The normalized spacial score (nSPS) is 23.8. The standard InChI is InChI=1S/C17H28N2/c1-3-19(13-15-8-6-7-14(2)11-15)17-10-5-4-9-16(17)12-18/h6-8,11,16-17H,3-5,9-10,12-13,18H2,1-2H3. The lowest BCUT2D eigenvalue weighted by Gasteiger charge is -2.39. The minimum absolute atomic E-state index is 0.685. The van der Waals surface area contributed by atoms with Crippen molar-refractivity contribution >= 4 is 0 Å². The maximum atomic E-state index is 5.98. The van der Waals surface area contributed by atoms with Crippen molar-refractivity contribution in [2.24, 2.45) is 11.7 Å². The molecule has 1 aliphatic carbocycles. The third-order valence-corrected chi connectivity index (χ3v) is 4.52. The highest BCUT2D eigenvalue weighted by atomic mass is 15.2. The average Bonchev–Trinajstić information content (AvgIpc) is 2.45. The van der Waals surface area contributed by atoms with Crippen LogP contribution >= 0.6 is 0 Å². The summed E-state index contributed by atoms with van der Waals surface area (Å²) in [5, 5.41) is 0. The quantitative estimate of drug-likeness (QED) is 0.880. The molecule has 2 N–H and O–H groups in total.